The number of amides is 1. The molecule has 0 spiro atoms. The predicted octanol–water partition coefficient (Wildman–Crippen LogP) is 6.75. The van der Waals surface area contributed by atoms with Gasteiger partial charge in [-0.1, -0.05) is 18.2 Å². The van der Waals surface area contributed by atoms with E-state index in [-0.39, 0.29) is 11.7 Å². The molecule has 198 valence electrons. The first-order valence-corrected chi connectivity index (χ1v) is 13.6. The summed E-state index contributed by atoms with van der Waals surface area (Å²) in [7, 11) is 0. The van der Waals surface area contributed by atoms with Gasteiger partial charge in [0.1, 0.15) is 11.2 Å². The van der Waals surface area contributed by atoms with Crippen LogP contribution in [0.4, 0.5) is 5.69 Å². The normalized spacial score (nSPS) is 11.2. The van der Waals surface area contributed by atoms with E-state index < -0.39 is 0 Å². The summed E-state index contributed by atoms with van der Waals surface area (Å²) in [5.41, 5.74) is 7.22. The first-order valence-electron chi connectivity index (χ1n) is 12.8. The van der Waals surface area contributed by atoms with Crippen molar-refractivity contribution in [2.45, 2.75) is 6.92 Å². The molecule has 0 bridgehead atoms. The summed E-state index contributed by atoms with van der Waals surface area (Å²) in [4.78, 5) is 43.4. The standard InChI is InChI=1S/C31H21N7O2S/c1-17(39)26-9-10-27(41-26)28-21-14-25(35-23(21)11-12-33-28)30-29-24(37-38-30)8-7-22(36-29)19-13-20(16-32-15-19)34-31(40)18-5-3-2-4-6-18/h2-16,35H,1H3,(H,34,40)(H,37,38). The fourth-order valence-electron chi connectivity index (χ4n) is 4.72. The van der Waals surface area contributed by atoms with Gasteiger partial charge in [0.2, 0.25) is 0 Å². The molecule has 0 aliphatic rings. The number of H-pyrrole nitrogens is 2. The van der Waals surface area contributed by atoms with E-state index in [1.165, 1.54) is 11.3 Å². The highest BCUT2D eigenvalue weighted by atomic mass is 32.1. The lowest BCUT2D eigenvalue weighted by Gasteiger charge is -2.07. The number of benzene rings is 1. The molecule has 0 atom stereocenters. The van der Waals surface area contributed by atoms with Crippen LogP contribution >= 0.6 is 11.3 Å². The Morgan fingerprint density at radius 1 is 0.902 bits per heavy atom. The van der Waals surface area contributed by atoms with Gasteiger partial charge in [-0.15, -0.1) is 11.3 Å². The molecule has 0 saturated carbocycles. The van der Waals surface area contributed by atoms with Gasteiger partial charge in [-0.25, -0.2) is 4.98 Å². The second kappa shape index (κ2) is 9.92. The molecule has 0 saturated heterocycles. The molecular formula is C31H21N7O2S. The quantitative estimate of drug-likeness (QED) is 0.195. The predicted molar refractivity (Wildman–Crippen MR) is 160 cm³/mol. The minimum absolute atomic E-state index is 0.0346. The van der Waals surface area contributed by atoms with Crippen molar-refractivity contribution in [3.63, 3.8) is 0 Å². The van der Waals surface area contributed by atoms with E-state index in [0.29, 0.717) is 33.0 Å². The van der Waals surface area contributed by atoms with Gasteiger partial charge in [-0.3, -0.25) is 24.7 Å². The third kappa shape index (κ3) is 4.56. The molecule has 0 unspecified atom stereocenters. The van der Waals surface area contributed by atoms with E-state index in [0.717, 1.165) is 38.2 Å². The van der Waals surface area contributed by atoms with Gasteiger partial charge in [-0.05, 0) is 61.5 Å². The topological polar surface area (TPSA) is 129 Å². The van der Waals surface area contributed by atoms with Crippen molar-refractivity contribution in [1.82, 2.24) is 30.1 Å². The number of fused-ring (bicyclic) bond motifs is 2. The Labute approximate surface area is 237 Å². The summed E-state index contributed by atoms with van der Waals surface area (Å²) in [6.45, 7) is 1.56. The average molecular weight is 556 g/mol. The first-order chi connectivity index (χ1) is 20.0. The van der Waals surface area contributed by atoms with Gasteiger partial charge in [-0.2, -0.15) is 5.10 Å². The van der Waals surface area contributed by atoms with Crippen molar-refractivity contribution in [3.05, 3.63) is 102 Å². The van der Waals surface area contributed by atoms with Gasteiger partial charge < -0.3 is 10.3 Å². The largest absolute Gasteiger partial charge is 0.353 e. The van der Waals surface area contributed by atoms with E-state index in [4.69, 9.17) is 4.98 Å². The number of nitrogens with zero attached hydrogens (tertiary/aromatic N) is 4. The monoisotopic (exact) mass is 555 g/mol. The minimum Gasteiger partial charge on any atom is -0.353 e. The lowest BCUT2D eigenvalue weighted by atomic mass is 10.1. The van der Waals surface area contributed by atoms with Crippen LogP contribution in [0, 0.1) is 0 Å². The number of nitrogens with one attached hydrogen (secondary N) is 3. The molecule has 7 aromatic rings. The van der Waals surface area contributed by atoms with Crippen LogP contribution in [0.2, 0.25) is 0 Å². The average Bonchev–Trinajstić information content (AvgIpc) is 3.75. The van der Waals surface area contributed by atoms with Gasteiger partial charge in [0, 0.05) is 34.4 Å². The zero-order valence-corrected chi connectivity index (χ0v) is 22.5. The van der Waals surface area contributed by atoms with Crippen LogP contribution in [0.1, 0.15) is 27.0 Å². The third-order valence-corrected chi connectivity index (χ3v) is 7.92. The highest BCUT2D eigenvalue weighted by Crippen LogP contribution is 2.35. The van der Waals surface area contributed by atoms with Crippen LogP contribution in [0.3, 0.4) is 0 Å². The number of rotatable bonds is 6. The number of thiophene rings is 1. The Morgan fingerprint density at radius 2 is 1.78 bits per heavy atom. The summed E-state index contributed by atoms with van der Waals surface area (Å²) < 4.78 is 0. The summed E-state index contributed by atoms with van der Waals surface area (Å²) in [5.74, 6) is -0.176. The van der Waals surface area contributed by atoms with Gasteiger partial charge in [0.15, 0.2) is 5.78 Å². The van der Waals surface area contributed by atoms with Crippen LogP contribution in [-0.2, 0) is 0 Å². The van der Waals surface area contributed by atoms with Crippen molar-refractivity contribution >= 4 is 50.7 Å². The number of anilines is 1. The molecule has 10 heteroatoms. The molecule has 0 radical (unpaired) electrons. The van der Waals surface area contributed by atoms with Gasteiger partial charge in [0.25, 0.3) is 5.91 Å². The molecule has 6 aromatic heterocycles. The first kappa shape index (κ1) is 24.6. The van der Waals surface area contributed by atoms with E-state index in [1.807, 2.05) is 60.7 Å². The maximum atomic E-state index is 12.6. The number of ketones is 1. The van der Waals surface area contributed by atoms with Crippen LogP contribution < -0.4 is 5.32 Å². The van der Waals surface area contributed by atoms with E-state index in [2.05, 4.69) is 30.5 Å². The molecule has 41 heavy (non-hydrogen) atoms. The molecule has 0 fully saturated rings. The molecular weight excluding hydrogens is 534 g/mol. The molecule has 6 heterocycles. The number of Topliss-reactive ketones (excluding diaryl/α,β-unsaturated/α-hetero) is 1. The fraction of sp³-hybridized carbons (Fsp3) is 0.0323. The highest BCUT2D eigenvalue weighted by Gasteiger charge is 2.17. The molecule has 1 aromatic carbocycles. The second-order valence-electron chi connectivity index (χ2n) is 9.47. The third-order valence-electron chi connectivity index (χ3n) is 6.73. The molecule has 1 amide bonds. The zero-order chi connectivity index (χ0) is 27.9. The number of hydrogen-bond donors (Lipinski definition) is 3. The van der Waals surface area contributed by atoms with Crippen molar-refractivity contribution in [2.24, 2.45) is 0 Å². The lowest BCUT2D eigenvalue weighted by molar-refractivity contribution is 0.101. The summed E-state index contributed by atoms with van der Waals surface area (Å²) in [5, 5.41) is 11.5. The van der Waals surface area contributed by atoms with E-state index in [1.54, 1.807) is 37.6 Å². The fourth-order valence-corrected chi connectivity index (χ4v) is 5.63. The summed E-state index contributed by atoms with van der Waals surface area (Å²) >= 11 is 1.43. The maximum Gasteiger partial charge on any atom is 0.255 e. The molecule has 3 N–H and O–H groups in total. The molecule has 0 aliphatic carbocycles. The molecule has 0 aliphatic heterocycles. The molecule has 9 nitrogen and oxygen atoms in total. The van der Waals surface area contributed by atoms with Crippen LogP contribution in [0.15, 0.2) is 91.4 Å². The number of carbonyl (C=O) groups is 2. The Hall–Kier alpha value is -5.48. The summed E-state index contributed by atoms with van der Waals surface area (Å²) in [6, 6.07) is 22.4. The lowest BCUT2D eigenvalue weighted by Crippen LogP contribution is -2.11. The van der Waals surface area contributed by atoms with Crippen LogP contribution in [0.5, 0.6) is 0 Å². The SMILES string of the molecule is CC(=O)c1ccc(-c2nccc3[nH]c(-c4n[nH]c5ccc(-c6cncc(NC(=O)c7ccccc7)c6)nc45)cc23)s1. The van der Waals surface area contributed by atoms with Crippen LogP contribution in [0.25, 0.3) is 55.2 Å². The number of hydrogen-bond acceptors (Lipinski definition) is 7. The van der Waals surface area contributed by atoms with Crippen molar-refractivity contribution < 1.29 is 9.59 Å². The molecule has 7 rings (SSSR count). The van der Waals surface area contributed by atoms with Crippen molar-refractivity contribution in [2.75, 3.05) is 5.32 Å². The zero-order valence-electron chi connectivity index (χ0n) is 21.7. The Balaban J connectivity index is 1.24. The highest BCUT2D eigenvalue weighted by molar-refractivity contribution is 7.17. The summed E-state index contributed by atoms with van der Waals surface area (Å²) in [6.07, 6.45) is 5.07. The van der Waals surface area contributed by atoms with Crippen LogP contribution in [-0.4, -0.2) is 41.8 Å². The van der Waals surface area contributed by atoms with Crippen molar-refractivity contribution in [1.29, 1.82) is 0 Å². The Bertz CT molecular complexity index is 2090. The van der Waals surface area contributed by atoms with Gasteiger partial charge in [0.05, 0.1) is 44.2 Å². The smallest absolute Gasteiger partial charge is 0.255 e. The number of aromatic nitrogens is 6. The van der Waals surface area contributed by atoms with Gasteiger partial charge >= 0.3 is 0 Å². The van der Waals surface area contributed by atoms with Crippen molar-refractivity contribution in [3.8, 4) is 33.2 Å². The maximum absolute atomic E-state index is 12.6. The Kier molecular flexibility index (Phi) is 5.94. The Morgan fingerprint density at radius 3 is 2.61 bits per heavy atom. The van der Waals surface area contributed by atoms with E-state index in [9.17, 15) is 9.59 Å². The number of aromatic amines is 2. The minimum atomic E-state index is -0.210. The van der Waals surface area contributed by atoms with E-state index >= 15 is 0 Å². The number of pyridine rings is 3. The number of carbonyl (C=O) groups excluding carboxylic acids is 2. The second-order valence-corrected chi connectivity index (χ2v) is 10.6.